The van der Waals surface area contributed by atoms with Crippen LogP contribution in [-0.2, 0) is 0 Å². The van der Waals surface area contributed by atoms with E-state index in [9.17, 15) is 0 Å². The third-order valence-corrected chi connectivity index (χ3v) is 5.08. The van der Waals surface area contributed by atoms with Crippen LogP contribution in [0.5, 0.6) is 0 Å². The number of hydrogen-bond acceptors (Lipinski definition) is 2. The highest BCUT2D eigenvalue weighted by Gasteiger charge is 2.29. The second-order valence-corrected chi connectivity index (χ2v) is 6.82. The molecule has 0 aromatic rings. The van der Waals surface area contributed by atoms with E-state index >= 15 is 0 Å². The van der Waals surface area contributed by atoms with Crippen LogP contribution >= 0.6 is 12.4 Å². The number of piperidine rings is 1. The molecule has 1 atom stereocenters. The Morgan fingerprint density at radius 3 is 2.45 bits per heavy atom. The largest absolute Gasteiger partial charge is 0.359 e. The maximum Gasteiger partial charge on any atom is 0.104 e. The van der Waals surface area contributed by atoms with Gasteiger partial charge >= 0.3 is 0 Å². The van der Waals surface area contributed by atoms with Crippen LogP contribution in [0.25, 0.3) is 0 Å². The summed E-state index contributed by atoms with van der Waals surface area (Å²) < 4.78 is 0. The van der Waals surface area contributed by atoms with E-state index in [4.69, 9.17) is 0 Å². The summed E-state index contributed by atoms with van der Waals surface area (Å²) in [5, 5.41) is 0. The number of likely N-dealkylation sites (N-methyl/N-ethyl adjacent to an activating group) is 1. The van der Waals surface area contributed by atoms with E-state index in [-0.39, 0.29) is 12.4 Å². The van der Waals surface area contributed by atoms with Crippen LogP contribution < -0.4 is 0 Å². The summed E-state index contributed by atoms with van der Waals surface area (Å²) >= 11 is 0. The van der Waals surface area contributed by atoms with Crippen molar-refractivity contribution < 1.29 is 0 Å². The predicted molar refractivity (Wildman–Crippen MR) is 99.4 cm³/mol. The van der Waals surface area contributed by atoms with Gasteiger partial charge in [-0.2, -0.15) is 0 Å². The van der Waals surface area contributed by atoms with Crippen molar-refractivity contribution in [3.8, 4) is 0 Å². The lowest BCUT2D eigenvalue weighted by molar-refractivity contribution is 0.0693. The maximum atomic E-state index is 2.72. The fraction of sp³-hybridized carbons (Fsp3) is 0.789. The van der Waals surface area contributed by atoms with Crippen molar-refractivity contribution in [3.63, 3.8) is 0 Å². The summed E-state index contributed by atoms with van der Waals surface area (Å²) in [4.78, 5) is 5.25. The highest BCUT2D eigenvalue weighted by molar-refractivity contribution is 5.85. The Morgan fingerprint density at radius 2 is 1.82 bits per heavy atom. The number of unbranched alkanes of at least 4 members (excludes halogenated alkanes) is 3. The first-order chi connectivity index (χ1) is 10.3. The normalized spacial score (nSPS) is 23.3. The van der Waals surface area contributed by atoms with E-state index < -0.39 is 0 Å². The molecule has 0 aromatic carbocycles. The average Bonchev–Trinajstić information content (AvgIpc) is 2.52. The van der Waals surface area contributed by atoms with Crippen LogP contribution in [0.4, 0.5) is 0 Å². The van der Waals surface area contributed by atoms with Crippen LogP contribution in [0, 0.1) is 5.92 Å². The number of likely N-dealkylation sites (tertiary alicyclic amines) is 1. The first kappa shape index (κ1) is 19.6. The molecule has 1 fully saturated rings. The van der Waals surface area contributed by atoms with E-state index in [2.05, 4.69) is 48.9 Å². The van der Waals surface area contributed by atoms with Gasteiger partial charge in [0.15, 0.2) is 0 Å². The SMILES string of the molecule is CCCCCCC1=CC=CN(CC)C1N1CCC(C)CC1.Cl. The van der Waals surface area contributed by atoms with Crippen molar-refractivity contribution in [2.24, 2.45) is 5.92 Å². The smallest absolute Gasteiger partial charge is 0.104 e. The van der Waals surface area contributed by atoms with E-state index in [1.165, 1.54) is 58.0 Å². The molecule has 0 saturated carbocycles. The molecule has 0 amide bonds. The first-order valence-corrected chi connectivity index (χ1v) is 9.13. The predicted octanol–water partition coefficient (Wildman–Crippen LogP) is 5.21. The van der Waals surface area contributed by atoms with Gasteiger partial charge in [-0.25, -0.2) is 0 Å². The standard InChI is InChI=1S/C19H34N2.ClH/c1-4-6-7-8-10-18-11-9-14-20(5-2)19(18)21-15-12-17(3)13-16-21;/h9,11,14,17,19H,4-8,10,12-13,15-16H2,1-3H3;1H. The second kappa shape index (κ2) is 10.3. The topological polar surface area (TPSA) is 6.48 Å². The molecule has 0 aromatic heterocycles. The van der Waals surface area contributed by atoms with Crippen LogP contribution in [0.15, 0.2) is 23.9 Å². The van der Waals surface area contributed by atoms with Crippen molar-refractivity contribution in [2.75, 3.05) is 19.6 Å². The average molecular weight is 327 g/mol. The molecule has 2 rings (SSSR count). The van der Waals surface area contributed by atoms with Gasteiger partial charge in [0.2, 0.25) is 0 Å². The number of allylic oxidation sites excluding steroid dienone is 2. The Labute approximate surface area is 144 Å². The lowest BCUT2D eigenvalue weighted by Gasteiger charge is -2.44. The van der Waals surface area contributed by atoms with Gasteiger partial charge in [0.1, 0.15) is 6.17 Å². The van der Waals surface area contributed by atoms with Gasteiger partial charge in [-0.05, 0) is 50.2 Å². The van der Waals surface area contributed by atoms with E-state index in [0.29, 0.717) is 6.17 Å². The van der Waals surface area contributed by atoms with Gasteiger partial charge in [-0.15, -0.1) is 12.4 Å². The van der Waals surface area contributed by atoms with Crippen molar-refractivity contribution in [2.45, 2.75) is 71.9 Å². The molecule has 22 heavy (non-hydrogen) atoms. The summed E-state index contributed by atoms with van der Waals surface area (Å²) in [6.45, 7) is 10.6. The van der Waals surface area contributed by atoms with E-state index in [0.717, 1.165) is 12.5 Å². The molecule has 2 aliphatic rings. The molecule has 0 aliphatic carbocycles. The molecule has 2 aliphatic heterocycles. The fourth-order valence-electron chi connectivity index (χ4n) is 3.62. The Bertz CT molecular complexity index is 356. The molecule has 0 radical (unpaired) electrons. The van der Waals surface area contributed by atoms with Crippen molar-refractivity contribution in [1.82, 2.24) is 9.80 Å². The summed E-state index contributed by atoms with van der Waals surface area (Å²) in [6, 6.07) is 0. The lowest BCUT2D eigenvalue weighted by Crippen LogP contribution is -2.51. The van der Waals surface area contributed by atoms with Gasteiger partial charge in [0.05, 0.1) is 0 Å². The third-order valence-electron chi connectivity index (χ3n) is 5.08. The van der Waals surface area contributed by atoms with Gasteiger partial charge in [-0.1, -0.05) is 39.2 Å². The molecule has 1 saturated heterocycles. The summed E-state index contributed by atoms with van der Waals surface area (Å²) in [5.41, 5.74) is 1.64. The summed E-state index contributed by atoms with van der Waals surface area (Å²) in [6.07, 6.45) is 16.9. The zero-order chi connectivity index (χ0) is 15.1. The fourth-order valence-corrected chi connectivity index (χ4v) is 3.62. The van der Waals surface area contributed by atoms with Crippen LogP contribution in [0.3, 0.4) is 0 Å². The van der Waals surface area contributed by atoms with Crippen LogP contribution in [0.1, 0.15) is 65.7 Å². The molecule has 0 N–H and O–H groups in total. The van der Waals surface area contributed by atoms with Gasteiger partial charge in [-0.3, -0.25) is 4.90 Å². The van der Waals surface area contributed by atoms with Gasteiger partial charge in [0.25, 0.3) is 0 Å². The van der Waals surface area contributed by atoms with E-state index in [1.807, 2.05) is 0 Å². The van der Waals surface area contributed by atoms with Gasteiger partial charge < -0.3 is 4.90 Å². The summed E-state index contributed by atoms with van der Waals surface area (Å²) in [7, 11) is 0. The van der Waals surface area contributed by atoms with Crippen LogP contribution in [-0.4, -0.2) is 35.6 Å². The molecular formula is C19H35ClN2. The molecule has 0 spiro atoms. The van der Waals surface area contributed by atoms with Crippen molar-refractivity contribution >= 4 is 12.4 Å². The molecule has 3 heteroatoms. The van der Waals surface area contributed by atoms with Crippen molar-refractivity contribution in [1.29, 1.82) is 0 Å². The van der Waals surface area contributed by atoms with Crippen LogP contribution in [0.2, 0.25) is 0 Å². The number of rotatable bonds is 7. The lowest BCUT2D eigenvalue weighted by atomic mass is 9.95. The first-order valence-electron chi connectivity index (χ1n) is 9.13. The maximum absolute atomic E-state index is 2.72. The number of nitrogens with zero attached hydrogens (tertiary/aromatic N) is 2. The quantitative estimate of drug-likeness (QED) is 0.592. The van der Waals surface area contributed by atoms with Gasteiger partial charge in [0, 0.05) is 25.8 Å². The van der Waals surface area contributed by atoms with E-state index in [1.54, 1.807) is 5.57 Å². The molecule has 0 bridgehead atoms. The molecule has 2 nitrogen and oxygen atoms in total. The minimum atomic E-state index is 0. The highest BCUT2D eigenvalue weighted by Crippen LogP contribution is 2.28. The monoisotopic (exact) mass is 326 g/mol. The Kier molecular flexibility index (Phi) is 9.19. The summed E-state index contributed by atoms with van der Waals surface area (Å²) in [5.74, 6) is 0.910. The Balaban J connectivity index is 0.00000242. The third kappa shape index (κ3) is 5.31. The highest BCUT2D eigenvalue weighted by atomic mass is 35.5. The minimum Gasteiger partial charge on any atom is -0.359 e. The Hall–Kier alpha value is -0.470. The zero-order valence-corrected chi connectivity index (χ0v) is 15.6. The number of hydrogen-bond donors (Lipinski definition) is 0. The number of halogens is 1. The molecular weight excluding hydrogens is 292 g/mol. The molecule has 1 unspecified atom stereocenters. The van der Waals surface area contributed by atoms with Crippen molar-refractivity contribution in [3.05, 3.63) is 23.9 Å². The zero-order valence-electron chi connectivity index (χ0n) is 14.8. The second-order valence-electron chi connectivity index (χ2n) is 6.82. The Morgan fingerprint density at radius 1 is 1.09 bits per heavy atom. The molecule has 2 heterocycles. The minimum absolute atomic E-state index is 0. The molecule has 128 valence electrons.